The summed E-state index contributed by atoms with van der Waals surface area (Å²) in [7, 11) is 0. The second kappa shape index (κ2) is 4.53. The average molecular weight is 296 g/mol. The van der Waals surface area contributed by atoms with Crippen LogP contribution in [-0.2, 0) is 4.79 Å². The first-order valence-corrected chi connectivity index (χ1v) is 6.28. The monoisotopic (exact) mass is 295 g/mol. The summed E-state index contributed by atoms with van der Waals surface area (Å²) < 4.78 is 1.03. The van der Waals surface area contributed by atoms with Crippen molar-refractivity contribution in [2.24, 2.45) is 0 Å². The fourth-order valence-corrected chi connectivity index (χ4v) is 2.54. The number of carbonyl (C=O) groups is 1. The predicted molar refractivity (Wildman–Crippen MR) is 71.4 cm³/mol. The fraction of sp³-hybridized carbons (Fsp3) is 0.308. The molecule has 0 amide bonds. The van der Waals surface area contributed by atoms with Crippen LogP contribution in [0.25, 0.3) is 10.9 Å². The number of hydrogen-bond donors (Lipinski definition) is 2. The van der Waals surface area contributed by atoms with Gasteiger partial charge in [-0.15, -0.1) is 0 Å². The van der Waals surface area contributed by atoms with Crippen LogP contribution < -0.4 is 0 Å². The van der Waals surface area contributed by atoms with Crippen LogP contribution in [0.5, 0.6) is 0 Å². The molecule has 0 spiro atoms. The summed E-state index contributed by atoms with van der Waals surface area (Å²) in [5, 5.41) is 9.98. The normalized spacial score (nSPS) is 12.9. The highest BCUT2D eigenvalue weighted by molar-refractivity contribution is 9.10. The number of aryl methyl sites for hydroxylation is 1. The highest BCUT2D eigenvalue weighted by atomic mass is 79.9. The minimum Gasteiger partial charge on any atom is -0.481 e. The highest BCUT2D eigenvalue weighted by Crippen LogP contribution is 2.30. The van der Waals surface area contributed by atoms with E-state index in [-0.39, 0.29) is 12.3 Å². The van der Waals surface area contributed by atoms with Crippen molar-refractivity contribution in [3.8, 4) is 0 Å². The summed E-state index contributed by atoms with van der Waals surface area (Å²) in [5.74, 6) is -0.768. The number of rotatable bonds is 3. The molecule has 3 nitrogen and oxygen atoms in total. The Hall–Kier alpha value is -1.29. The third-order valence-electron chi connectivity index (χ3n) is 3.03. The van der Waals surface area contributed by atoms with Gasteiger partial charge in [0.2, 0.25) is 0 Å². The topological polar surface area (TPSA) is 53.1 Å². The van der Waals surface area contributed by atoms with Gasteiger partial charge in [-0.3, -0.25) is 4.79 Å². The standard InChI is InChI=1S/C13H14BrNO2/c1-7(5-12(16)17)13-8(2)10-6-9(14)3-4-11(10)15-13/h3-4,6-7,15H,5H2,1-2H3,(H,16,17). The number of halogens is 1. The molecule has 0 saturated heterocycles. The molecule has 90 valence electrons. The van der Waals surface area contributed by atoms with Crippen molar-refractivity contribution in [3.63, 3.8) is 0 Å². The van der Waals surface area contributed by atoms with E-state index in [0.717, 1.165) is 26.6 Å². The van der Waals surface area contributed by atoms with Crippen molar-refractivity contribution in [2.75, 3.05) is 0 Å². The lowest BCUT2D eigenvalue weighted by Crippen LogP contribution is -2.04. The molecule has 0 aliphatic rings. The molecule has 0 fully saturated rings. The Bertz CT molecular complexity index is 574. The number of aromatic nitrogens is 1. The van der Waals surface area contributed by atoms with Crippen molar-refractivity contribution in [3.05, 3.63) is 33.9 Å². The van der Waals surface area contributed by atoms with Crippen LogP contribution in [0.2, 0.25) is 0 Å². The molecule has 1 aromatic carbocycles. The molecule has 1 heterocycles. The van der Waals surface area contributed by atoms with Gasteiger partial charge in [0.15, 0.2) is 0 Å². The fourth-order valence-electron chi connectivity index (χ4n) is 2.18. The van der Waals surface area contributed by atoms with E-state index < -0.39 is 5.97 Å². The molecule has 0 aliphatic carbocycles. The first kappa shape index (κ1) is 12.2. The van der Waals surface area contributed by atoms with Crippen molar-refractivity contribution in [1.82, 2.24) is 4.98 Å². The van der Waals surface area contributed by atoms with Gasteiger partial charge in [-0.2, -0.15) is 0 Å². The molecule has 2 rings (SSSR count). The Kier molecular flexibility index (Phi) is 3.24. The number of aliphatic carboxylic acids is 1. The average Bonchev–Trinajstić information content (AvgIpc) is 2.55. The Morgan fingerprint density at radius 1 is 1.53 bits per heavy atom. The lowest BCUT2D eigenvalue weighted by atomic mass is 10.00. The van der Waals surface area contributed by atoms with Gasteiger partial charge in [-0.05, 0) is 30.7 Å². The number of H-pyrrole nitrogens is 1. The molecular formula is C13H14BrNO2. The van der Waals surface area contributed by atoms with Gasteiger partial charge in [-0.25, -0.2) is 0 Å². The molecule has 4 heteroatoms. The maximum absolute atomic E-state index is 10.7. The number of carboxylic acid groups (broad SMARTS) is 1. The summed E-state index contributed by atoms with van der Waals surface area (Å²) in [4.78, 5) is 14.1. The minimum atomic E-state index is -0.767. The Morgan fingerprint density at radius 2 is 2.24 bits per heavy atom. The highest BCUT2D eigenvalue weighted by Gasteiger charge is 2.16. The van der Waals surface area contributed by atoms with Crippen LogP contribution in [0.3, 0.4) is 0 Å². The maximum Gasteiger partial charge on any atom is 0.304 e. The van der Waals surface area contributed by atoms with Crippen LogP contribution in [0, 0.1) is 6.92 Å². The Labute approximate surface area is 108 Å². The molecule has 0 saturated carbocycles. The lowest BCUT2D eigenvalue weighted by molar-refractivity contribution is -0.137. The van der Waals surface area contributed by atoms with Crippen molar-refractivity contribution < 1.29 is 9.90 Å². The van der Waals surface area contributed by atoms with Gasteiger partial charge >= 0.3 is 5.97 Å². The second-order valence-corrected chi connectivity index (χ2v) is 5.27. The van der Waals surface area contributed by atoms with E-state index in [2.05, 4.69) is 27.0 Å². The Balaban J connectivity index is 2.48. The van der Waals surface area contributed by atoms with Crippen molar-refractivity contribution in [1.29, 1.82) is 0 Å². The summed E-state index contributed by atoms with van der Waals surface area (Å²) >= 11 is 3.45. The number of fused-ring (bicyclic) bond motifs is 1. The molecule has 0 aliphatic heterocycles. The largest absolute Gasteiger partial charge is 0.481 e. The number of nitrogens with one attached hydrogen (secondary N) is 1. The third kappa shape index (κ3) is 2.36. The predicted octanol–water partition coefficient (Wildman–Crippen LogP) is 3.82. The van der Waals surface area contributed by atoms with Gasteiger partial charge < -0.3 is 10.1 Å². The number of hydrogen-bond acceptors (Lipinski definition) is 1. The summed E-state index contributed by atoms with van der Waals surface area (Å²) in [6, 6.07) is 6.03. The van der Waals surface area contributed by atoms with E-state index in [9.17, 15) is 4.79 Å². The van der Waals surface area contributed by atoms with Gasteiger partial charge in [0.1, 0.15) is 0 Å². The van der Waals surface area contributed by atoms with E-state index in [1.165, 1.54) is 0 Å². The maximum atomic E-state index is 10.7. The van der Waals surface area contributed by atoms with Gasteiger partial charge in [-0.1, -0.05) is 22.9 Å². The van der Waals surface area contributed by atoms with E-state index in [1.54, 1.807) is 0 Å². The van der Waals surface area contributed by atoms with Crippen molar-refractivity contribution >= 4 is 32.8 Å². The third-order valence-corrected chi connectivity index (χ3v) is 3.53. The zero-order valence-electron chi connectivity index (χ0n) is 9.75. The number of benzene rings is 1. The molecule has 0 bridgehead atoms. The zero-order chi connectivity index (χ0) is 12.6. The molecule has 0 radical (unpaired) electrons. The minimum absolute atomic E-state index is 0.00123. The van der Waals surface area contributed by atoms with Gasteiger partial charge in [0.25, 0.3) is 0 Å². The lowest BCUT2D eigenvalue weighted by Gasteiger charge is -2.07. The zero-order valence-corrected chi connectivity index (χ0v) is 11.3. The number of aromatic amines is 1. The molecule has 2 N–H and O–H groups in total. The van der Waals surface area contributed by atoms with Crippen LogP contribution in [0.4, 0.5) is 0 Å². The van der Waals surface area contributed by atoms with Crippen LogP contribution in [-0.4, -0.2) is 16.1 Å². The van der Waals surface area contributed by atoms with E-state index in [4.69, 9.17) is 5.11 Å². The van der Waals surface area contributed by atoms with Crippen molar-refractivity contribution in [2.45, 2.75) is 26.2 Å². The van der Waals surface area contributed by atoms with E-state index >= 15 is 0 Å². The smallest absolute Gasteiger partial charge is 0.304 e. The van der Waals surface area contributed by atoms with Crippen LogP contribution in [0.1, 0.15) is 30.5 Å². The molecule has 1 aromatic heterocycles. The molecule has 1 atom stereocenters. The first-order valence-electron chi connectivity index (χ1n) is 5.48. The van der Waals surface area contributed by atoms with Crippen LogP contribution in [0.15, 0.2) is 22.7 Å². The summed E-state index contributed by atoms with van der Waals surface area (Å²) in [6.07, 6.45) is 0.148. The van der Waals surface area contributed by atoms with Crippen LogP contribution >= 0.6 is 15.9 Å². The summed E-state index contributed by atoms with van der Waals surface area (Å²) in [5.41, 5.74) is 3.20. The quantitative estimate of drug-likeness (QED) is 0.904. The second-order valence-electron chi connectivity index (χ2n) is 4.35. The summed E-state index contributed by atoms with van der Waals surface area (Å²) in [6.45, 7) is 3.96. The molecule has 1 unspecified atom stereocenters. The number of carboxylic acids is 1. The Morgan fingerprint density at radius 3 is 2.88 bits per heavy atom. The van der Waals surface area contributed by atoms with E-state index in [0.29, 0.717) is 0 Å². The molecule has 17 heavy (non-hydrogen) atoms. The molecular weight excluding hydrogens is 282 g/mol. The van der Waals surface area contributed by atoms with E-state index in [1.807, 2.05) is 26.0 Å². The first-order chi connectivity index (χ1) is 7.99. The van der Waals surface area contributed by atoms with Gasteiger partial charge in [0, 0.05) is 27.0 Å². The van der Waals surface area contributed by atoms with Gasteiger partial charge in [0.05, 0.1) is 6.42 Å². The molecule has 2 aromatic rings. The SMILES string of the molecule is Cc1c(C(C)CC(=O)O)[nH]c2ccc(Br)cc12.